The van der Waals surface area contributed by atoms with Crippen LogP contribution in [0.5, 0.6) is 0 Å². The van der Waals surface area contributed by atoms with Crippen molar-refractivity contribution in [2.45, 2.75) is 18.4 Å². The molecule has 0 fully saturated rings. The Bertz CT molecular complexity index is 672. The molecule has 0 unspecified atom stereocenters. The standard InChI is InChI=1S/C13H17N3O2S/c1-10-3-5-11(6-4-10)15-19(17,18)13-7-12(8-14)16(2)9-13/h3-7,9,15H,8,14H2,1-2H3. The van der Waals surface area contributed by atoms with Crippen LogP contribution >= 0.6 is 0 Å². The summed E-state index contributed by atoms with van der Waals surface area (Å²) >= 11 is 0. The smallest absolute Gasteiger partial charge is 0.263 e. The first-order chi connectivity index (χ1) is 8.92. The van der Waals surface area contributed by atoms with Crippen LogP contribution in [0.3, 0.4) is 0 Å². The van der Waals surface area contributed by atoms with E-state index in [0.29, 0.717) is 12.2 Å². The van der Waals surface area contributed by atoms with E-state index in [1.165, 1.54) is 0 Å². The zero-order chi connectivity index (χ0) is 14.0. The molecule has 3 N–H and O–H groups in total. The van der Waals surface area contributed by atoms with Crippen molar-refractivity contribution >= 4 is 15.7 Å². The summed E-state index contributed by atoms with van der Waals surface area (Å²) < 4.78 is 28.7. The number of aromatic nitrogens is 1. The first-order valence-electron chi connectivity index (χ1n) is 5.87. The summed E-state index contributed by atoms with van der Waals surface area (Å²) in [6, 6.07) is 8.76. The minimum Gasteiger partial charge on any atom is -0.352 e. The number of anilines is 1. The van der Waals surface area contributed by atoms with Gasteiger partial charge in [0, 0.05) is 31.2 Å². The quantitative estimate of drug-likeness (QED) is 0.892. The molecule has 102 valence electrons. The third kappa shape index (κ3) is 2.97. The molecule has 1 aromatic carbocycles. The van der Waals surface area contributed by atoms with E-state index in [2.05, 4.69) is 4.72 Å². The number of aryl methyl sites for hydroxylation is 2. The van der Waals surface area contributed by atoms with Gasteiger partial charge in [-0.1, -0.05) is 17.7 Å². The Morgan fingerprint density at radius 2 is 1.89 bits per heavy atom. The Kier molecular flexibility index (Phi) is 3.64. The van der Waals surface area contributed by atoms with Crippen molar-refractivity contribution in [1.82, 2.24) is 4.57 Å². The molecule has 5 nitrogen and oxygen atoms in total. The van der Waals surface area contributed by atoms with Gasteiger partial charge in [-0.3, -0.25) is 4.72 Å². The molecule has 19 heavy (non-hydrogen) atoms. The zero-order valence-electron chi connectivity index (χ0n) is 10.9. The normalized spacial score (nSPS) is 11.5. The maximum absolute atomic E-state index is 12.2. The second kappa shape index (κ2) is 5.07. The molecule has 0 saturated carbocycles. The fourth-order valence-electron chi connectivity index (χ4n) is 1.76. The third-order valence-corrected chi connectivity index (χ3v) is 4.25. The summed E-state index contributed by atoms with van der Waals surface area (Å²) in [7, 11) is -1.79. The average molecular weight is 279 g/mol. The van der Waals surface area contributed by atoms with Crippen LogP contribution < -0.4 is 10.5 Å². The lowest BCUT2D eigenvalue weighted by molar-refractivity contribution is 0.601. The number of rotatable bonds is 4. The van der Waals surface area contributed by atoms with Crippen molar-refractivity contribution in [3.8, 4) is 0 Å². The van der Waals surface area contributed by atoms with Gasteiger partial charge in [0.15, 0.2) is 0 Å². The van der Waals surface area contributed by atoms with Gasteiger partial charge in [-0.25, -0.2) is 8.42 Å². The highest BCUT2D eigenvalue weighted by atomic mass is 32.2. The van der Waals surface area contributed by atoms with Crippen LogP contribution in [-0.2, 0) is 23.6 Å². The molecule has 2 rings (SSSR count). The Morgan fingerprint density at radius 1 is 1.26 bits per heavy atom. The molecule has 2 aromatic rings. The fraction of sp³-hybridized carbons (Fsp3) is 0.231. The fourth-order valence-corrected chi connectivity index (χ4v) is 2.91. The molecule has 0 atom stereocenters. The van der Waals surface area contributed by atoms with E-state index in [9.17, 15) is 8.42 Å². The largest absolute Gasteiger partial charge is 0.352 e. The van der Waals surface area contributed by atoms with Gasteiger partial charge in [-0.05, 0) is 25.1 Å². The van der Waals surface area contributed by atoms with E-state index in [1.54, 1.807) is 36.0 Å². The molecule has 0 saturated heterocycles. The van der Waals surface area contributed by atoms with Gasteiger partial charge in [0.2, 0.25) is 0 Å². The molecule has 0 amide bonds. The number of benzene rings is 1. The lowest BCUT2D eigenvalue weighted by Crippen LogP contribution is -2.12. The molecule has 0 bridgehead atoms. The van der Waals surface area contributed by atoms with E-state index in [1.807, 2.05) is 19.1 Å². The second-order valence-electron chi connectivity index (χ2n) is 4.45. The summed E-state index contributed by atoms with van der Waals surface area (Å²) in [6.45, 7) is 2.25. The van der Waals surface area contributed by atoms with Crippen LogP contribution in [0.25, 0.3) is 0 Å². The molecular formula is C13H17N3O2S. The van der Waals surface area contributed by atoms with E-state index in [4.69, 9.17) is 5.73 Å². The number of sulfonamides is 1. The molecule has 0 aliphatic heterocycles. The molecule has 1 heterocycles. The number of nitrogens with one attached hydrogen (secondary N) is 1. The van der Waals surface area contributed by atoms with Crippen LogP contribution in [0.4, 0.5) is 5.69 Å². The van der Waals surface area contributed by atoms with Crippen LogP contribution in [0.2, 0.25) is 0 Å². The van der Waals surface area contributed by atoms with E-state index < -0.39 is 10.0 Å². The van der Waals surface area contributed by atoms with Gasteiger partial charge in [-0.2, -0.15) is 0 Å². The summed E-state index contributed by atoms with van der Waals surface area (Å²) in [5.41, 5.74) is 7.93. The highest BCUT2D eigenvalue weighted by molar-refractivity contribution is 7.92. The van der Waals surface area contributed by atoms with Gasteiger partial charge in [0.1, 0.15) is 4.90 Å². The molecule has 0 spiro atoms. The lowest BCUT2D eigenvalue weighted by Gasteiger charge is -2.06. The maximum Gasteiger partial charge on any atom is 0.263 e. The lowest BCUT2D eigenvalue weighted by atomic mass is 10.2. The number of nitrogens with two attached hydrogens (primary N) is 1. The van der Waals surface area contributed by atoms with Gasteiger partial charge in [-0.15, -0.1) is 0 Å². The van der Waals surface area contributed by atoms with Gasteiger partial charge in [0.05, 0.1) is 0 Å². The molecule has 0 aliphatic carbocycles. The zero-order valence-corrected chi connectivity index (χ0v) is 11.7. The molecule has 0 aliphatic rings. The average Bonchev–Trinajstić information content (AvgIpc) is 2.74. The molecule has 1 aromatic heterocycles. The van der Waals surface area contributed by atoms with Crippen molar-refractivity contribution in [3.05, 3.63) is 47.8 Å². The summed E-state index contributed by atoms with van der Waals surface area (Å²) in [5.74, 6) is 0. The summed E-state index contributed by atoms with van der Waals surface area (Å²) in [4.78, 5) is 0.219. The van der Waals surface area contributed by atoms with Crippen molar-refractivity contribution in [2.75, 3.05) is 4.72 Å². The van der Waals surface area contributed by atoms with Crippen LogP contribution in [0.1, 0.15) is 11.3 Å². The van der Waals surface area contributed by atoms with Crippen molar-refractivity contribution < 1.29 is 8.42 Å². The maximum atomic E-state index is 12.2. The predicted octanol–water partition coefficient (Wildman–Crippen LogP) is 1.59. The molecule has 6 heteroatoms. The minimum absolute atomic E-state index is 0.219. The SMILES string of the molecule is Cc1ccc(NS(=O)(=O)c2cc(CN)n(C)c2)cc1. The first-order valence-corrected chi connectivity index (χ1v) is 7.35. The van der Waals surface area contributed by atoms with Crippen molar-refractivity contribution in [1.29, 1.82) is 0 Å². The monoisotopic (exact) mass is 279 g/mol. The Balaban J connectivity index is 2.29. The second-order valence-corrected chi connectivity index (χ2v) is 6.14. The highest BCUT2D eigenvalue weighted by Crippen LogP contribution is 2.18. The number of nitrogens with zero attached hydrogens (tertiary/aromatic N) is 1. The predicted molar refractivity (Wildman–Crippen MR) is 75.3 cm³/mol. The Morgan fingerprint density at radius 3 is 2.42 bits per heavy atom. The van der Waals surface area contributed by atoms with E-state index in [0.717, 1.165) is 11.3 Å². The third-order valence-electron chi connectivity index (χ3n) is 2.91. The molecule has 0 radical (unpaired) electrons. The van der Waals surface area contributed by atoms with Crippen LogP contribution in [0, 0.1) is 6.92 Å². The minimum atomic E-state index is -3.56. The van der Waals surface area contributed by atoms with Crippen molar-refractivity contribution in [2.24, 2.45) is 12.8 Å². The highest BCUT2D eigenvalue weighted by Gasteiger charge is 2.17. The van der Waals surface area contributed by atoms with Gasteiger partial charge in [0.25, 0.3) is 10.0 Å². The summed E-state index contributed by atoms with van der Waals surface area (Å²) in [6.07, 6.45) is 1.55. The van der Waals surface area contributed by atoms with Gasteiger partial charge < -0.3 is 10.3 Å². The van der Waals surface area contributed by atoms with E-state index >= 15 is 0 Å². The number of hydrogen-bond donors (Lipinski definition) is 2. The van der Waals surface area contributed by atoms with E-state index in [-0.39, 0.29) is 4.90 Å². The van der Waals surface area contributed by atoms with Gasteiger partial charge >= 0.3 is 0 Å². The molecular weight excluding hydrogens is 262 g/mol. The van der Waals surface area contributed by atoms with Crippen molar-refractivity contribution in [3.63, 3.8) is 0 Å². The Hall–Kier alpha value is -1.79. The topological polar surface area (TPSA) is 77.1 Å². The Labute approximate surface area is 113 Å². The van der Waals surface area contributed by atoms with Crippen LogP contribution in [0.15, 0.2) is 41.4 Å². The summed E-state index contributed by atoms with van der Waals surface area (Å²) in [5, 5.41) is 0. The number of hydrogen-bond acceptors (Lipinski definition) is 3. The van der Waals surface area contributed by atoms with Crippen LogP contribution in [-0.4, -0.2) is 13.0 Å². The first kappa shape index (κ1) is 13.6.